The Morgan fingerprint density at radius 1 is 1.12 bits per heavy atom. The summed E-state index contributed by atoms with van der Waals surface area (Å²) in [5.74, 6) is -0.0655. The molecule has 0 radical (unpaired) electrons. The summed E-state index contributed by atoms with van der Waals surface area (Å²) in [7, 11) is -1.98. The van der Waals surface area contributed by atoms with Crippen molar-refractivity contribution in [2.45, 2.75) is 17.9 Å². The number of primary sulfonamides is 1. The minimum Gasteiger partial charge on any atom is -0.334 e. The summed E-state index contributed by atoms with van der Waals surface area (Å²) in [6.07, 6.45) is 0. The van der Waals surface area contributed by atoms with Crippen molar-refractivity contribution in [3.05, 3.63) is 65.0 Å². The fraction of sp³-hybridized carbons (Fsp3) is 0.167. The van der Waals surface area contributed by atoms with Crippen LogP contribution >= 0.6 is 11.3 Å². The van der Waals surface area contributed by atoms with Crippen LogP contribution in [0, 0.1) is 0 Å². The third-order valence-electron chi connectivity index (χ3n) is 4.23. The van der Waals surface area contributed by atoms with Crippen molar-refractivity contribution < 1.29 is 13.2 Å². The van der Waals surface area contributed by atoms with Crippen molar-refractivity contribution >= 4 is 37.4 Å². The molecular formula is C18H18N2O3S2. The molecule has 3 aromatic rings. The number of nitrogens with zero attached hydrogens (tertiary/aromatic N) is 1. The Balaban J connectivity index is 1.83. The van der Waals surface area contributed by atoms with E-state index in [0.29, 0.717) is 4.88 Å². The first-order valence-corrected chi connectivity index (χ1v) is 10.0. The van der Waals surface area contributed by atoms with Gasteiger partial charge in [0.2, 0.25) is 10.0 Å². The van der Waals surface area contributed by atoms with Crippen molar-refractivity contribution in [1.29, 1.82) is 0 Å². The average molecular weight is 374 g/mol. The van der Waals surface area contributed by atoms with Crippen LogP contribution in [0.15, 0.2) is 59.5 Å². The van der Waals surface area contributed by atoms with Gasteiger partial charge < -0.3 is 4.90 Å². The molecular weight excluding hydrogens is 356 g/mol. The van der Waals surface area contributed by atoms with Gasteiger partial charge in [0, 0.05) is 11.7 Å². The van der Waals surface area contributed by atoms with E-state index < -0.39 is 10.0 Å². The number of amides is 1. The van der Waals surface area contributed by atoms with E-state index in [0.717, 1.165) is 15.6 Å². The fourth-order valence-corrected chi connectivity index (χ4v) is 4.16. The van der Waals surface area contributed by atoms with Crippen LogP contribution in [0.3, 0.4) is 0 Å². The molecule has 1 aromatic heterocycles. The highest BCUT2D eigenvalue weighted by Crippen LogP contribution is 2.28. The molecule has 1 unspecified atom stereocenters. The number of fused-ring (bicyclic) bond motifs is 1. The predicted octanol–water partition coefficient (Wildman–Crippen LogP) is 3.38. The third kappa shape index (κ3) is 3.58. The van der Waals surface area contributed by atoms with E-state index in [9.17, 15) is 13.2 Å². The maximum Gasteiger partial charge on any atom is 0.264 e. The summed E-state index contributed by atoms with van der Waals surface area (Å²) < 4.78 is 23.8. The number of hydrogen-bond donors (Lipinski definition) is 1. The van der Waals surface area contributed by atoms with E-state index in [4.69, 9.17) is 5.14 Å². The molecule has 2 N–H and O–H groups in total. The average Bonchev–Trinajstić information content (AvgIpc) is 3.03. The van der Waals surface area contributed by atoms with Crippen LogP contribution < -0.4 is 5.14 Å². The van der Waals surface area contributed by atoms with Crippen LogP contribution in [0.4, 0.5) is 0 Å². The predicted molar refractivity (Wildman–Crippen MR) is 100 cm³/mol. The molecule has 0 bridgehead atoms. The largest absolute Gasteiger partial charge is 0.334 e. The summed E-state index contributed by atoms with van der Waals surface area (Å²) in [5.41, 5.74) is 0.837. The normalized spacial score (nSPS) is 12.9. The minimum atomic E-state index is -3.72. The SMILES string of the molecule is CC(c1ccc(S(N)(=O)=O)cc1)N(C)C(=O)c1cc2ccccc2s1. The number of benzene rings is 2. The zero-order valence-electron chi connectivity index (χ0n) is 13.8. The lowest BCUT2D eigenvalue weighted by Gasteiger charge is -2.25. The molecule has 0 saturated carbocycles. The van der Waals surface area contributed by atoms with Crippen LogP contribution in [0.5, 0.6) is 0 Å². The van der Waals surface area contributed by atoms with Gasteiger partial charge >= 0.3 is 0 Å². The highest BCUT2D eigenvalue weighted by Gasteiger charge is 2.21. The van der Waals surface area contributed by atoms with Gasteiger partial charge in [0.1, 0.15) is 0 Å². The van der Waals surface area contributed by atoms with Crippen molar-refractivity contribution in [3.63, 3.8) is 0 Å². The first-order chi connectivity index (χ1) is 11.8. The lowest BCUT2D eigenvalue weighted by molar-refractivity contribution is 0.0747. The van der Waals surface area contributed by atoms with Gasteiger partial charge in [0.15, 0.2) is 0 Å². The molecule has 5 nitrogen and oxygen atoms in total. The number of nitrogens with two attached hydrogens (primary N) is 1. The highest BCUT2D eigenvalue weighted by molar-refractivity contribution is 7.89. The van der Waals surface area contributed by atoms with Crippen molar-refractivity contribution in [2.75, 3.05) is 7.05 Å². The Bertz CT molecular complexity index is 991. The van der Waals surface area contributed by atoms with Crippen LogP contribution in [0.2, 0.25) is 0 Å². The zero-order chi connectivity index (χ0) is 18.2. The molecule has 0 saturated heterocycles. The first-order valence-electron chi connectivity index (χ1n) is 7.66. The molecule has 7 heteroatoms. The summed E-state index contributed by atoms with van der Waals surface area (Å²) in [6.45, 7) is 1.90. The topological polar surface area (TPSA) is 80.5 Å². The molecule has 2 aromatic carbocycles. The van der Waals surface area contributed by atoms with Gasteiger partial charge in [-0.05, 0) is 42.1 Å². The Hall–Kier alpha value is -2.22. The molecule has 1 heterocycles. The fourth-order valence-electron chi connectivity index (χ4n) is 2.60. The smallest absolute Gasteiger partial charge is 0.264 e. The molecule has 0 aliphatic rings. The van der Waals surface area contributed by atoms with E-state index in [1.54, 1.807) is 24.1 Å². The van der Waals surface area contributed by atoms with Crippen molar-refractivity contribution in [1.82, 2.24) is 4.90 Å². The maximum atomic E-state index is 12.8. The van der Waals surface area contributed by atoms with Crippen LogP contribution in [-0.4, -0.2) is 26.3 Å². The van der Waals surface area contributed by atoms with Gasteiger partial charge in [-0.1, -0.05) is 30.3 Å². The van der Waals surface area contributed by atoms with Crippen molar-refractivity contribution in [3.8, 4) is 0 Å². The van der Waals surface area contributed by atoms with Gasteiger partial charge in [-0.25, -0.2) is 13.6 Å². The lowest BCUT2D eigenvalue weighted by Crippen LogP contribution is -2.29. The van der Waals surface area contributed by atoms with E-state index in [-0.39, 0.29) is 16.8 Å². The second-order valence-corrected chi connectivity index (χ2v) is 8.50. The van der Waals surface area contributed by atoms with E-state index in [2.05, 4.69) is 0 Å². The summed E-state index contributed by atoms with van der Waals surface area (Å²) >= 11 is 1.47. The molecule has 130 valence electrons. The Labute approximate surface area is 150 Å². The standard InChI is InChI=1S/C18H18N2O3S2/c1-12(13-7-9-15(10-8-13)25(19,22)23)20(2)18(21)17-11-14-5-3-4-6-16(14)24-17/h3-12H,1-2H3,(H2,19,22,23). The number of thiophene rings is 1. The van der Waals surface area contributed by atoms with Crippen LogP contribution in [0.1, 0.15) is 28.2 Å². The number of hydrogen-bond acceptors (Lipinski definition) is 4. The maximum absolute atomic E-state index is 12.8. The number of rotatable bonds is 4. The number of sulfonamides is 1. The summed E-state index contributed by atoms with van der Waals surface area (Å²) in [6, 6.07) is 15.8. The molecule has 0 spiro atoms. The zero-order valence-corrected chi connectivity index (χ0v) is 15.5. The van der Waals surface area contributed by atoms with Gasteiger partial charge in [-0.15, -0.1) is 11.3 Å². The number of carbonyl (C=O) groups excluding carboxylic acids is 1. The third-order valence-corrected chi connectivity index (χ3v) is 6.26. The first kappa shape index (κ1) is 17.6. The molecule has 25 heavy (non-hydrogen) atoms. The minimum absolute atomic E-state index is 0.0573. The molecule has 0 aliphatic heterocycles. The Morgan fingerprint density at radius 3 is 2.36 bits per heavy atom. The molecule has 0 aliphatic carbocycles. The Kier molecular flexibility index (Phi) is 4.64. The highest BCUT2D eigenvalue weighted by atomic mass is 32.2. The summed E-state index contributed by atoms with van der Waals surface area (Å²) in [4.78, 5) is 15.2. The van der Waals surface area contributed by atoms with Gasteiger partial charge in [0.25, 0.3) is 5.91 Å². The van der Waals surface area contributed by atoms with Gasteiger partial charge in [0.05, 0.1) is 15.8 Å². The second kappa shape index (κ2) is 6.59. The van der Waals surface area contributed by atoms with Crippen LogP contribution in [0.25, 0.3) is 10.1 Å². The molecule has 1 atom stereocenters. The van der Waals surface area contributed by atoms with E-state index in [1.807, 2.05) is 37.3 Å². The van der Waals surface area contributed by atoms with Gasteiger partial charge in [-0.2, -0.15) is 0 Å². The van der Waals surface area contributed by atoms with Crippen LogP contribution in [-0.2, 0) is 10.0 Å². The van der Waals surface area contributed by atoms with Crippen molar-refractivity contribution in [2.24, 2.45) is 5.14 Å². The monoisotopic (exact) mass is 374 g/mol. The molecule has 3 rings (SSSR count). The molecule has 1 amide bonds. The Morgan fingerprint density at radius 2 is 1.76 bits per heavy atom. The van der Waals surface area contributed by atoms with E-state index >= 15 is 0 Å². The quantitative estimate of drug-likeness (QED) is 0.760. The number of carbonyl (C=O) groups is 1. The lowest BCUT2D eigenvalue weighted by atomic mass is 10.1. The van der Waals surface area contributed by atoms with E-state index in [1.165, 1.54) is 23.5 Å². The molecule has 0 fully saturated rings. The van der Waals surface area contributed by atoms with Gasteiger partial charge in [-0.3, -0.25) is 4.79 Å². The second-order valence-electron chi connectivity index (χ2n) is 5.85. The summed E-state index contributed by atoms with van der Waals surface area (Å²) in [5, 5.41) is 6.16.